The minimum Gasteiger partial charge on any atom is -0.336 e. The first-order valence-electron chi connectivity index (χ1n) is 13.7. The number of hydrogen-bond donors (Lipinski definition) is 0. The van der Waals surface area contributed by atoms with Crippen LogP contribution in [0.25, 0.3) is 0 Å². The topological polar surface area (TPSA) is 56.8 Å². The third-order valence-corrected chi connectivity index (χ3v) is 8.05. The van der Waals surface area contributed by atoms with E-state index in [-0.39, 0.29) is 35.5 Å². The van der Waals surface area contributed by atoms with Crippen LogP contribution >= 0.6 is 11.6 Å². The number of hydrogen-bond acceptors (Lipinski definition) is 5. The summed E-state index contributed by atoms with van der Waals surface area (Å²) in [6.45, 7) is 4.97. The smallest absolute Gasteiger partial charge is 0.255 e. The van der Waals surface area contributed by atoms with Gasteiger partial charge in [0.15, 0.2) is 5.78 Å². The molecule has 1 amide bonds. The van der Waals surface area contributed by atoms with Crippen molar-refractivity contribution in [2.75, 3.05) is 39.3 Å². The van der Waals surface area contributed by atoms with E-state index in [2.05, 4.69) is 14.8 Å². The second-order valence-electron chi connectivity index (χ2n) is 10.7. The standard InChI is InChI=1S/C31H33ClF2N4O2/c32-26-6-1-22(2-7-26)20-37-12-11-24(28(34)21-37)17-30(39)29-10-5-25(18-35-29)31(40)38-15-13-36(14-16-38)19-23-3-8-27(33)9-4-23/h1-10,18,24,28H,11-17,19-21H2. The zero-order valence-corrected chi connectivity index (χ0v) is 23.1. The number of aromatic nitrogens is 1. The molecule has 2 fully saturated rings. The lowest BCUT2D eigenvalue weighted by atomic mass is 9.89. The maximum atomic E-state index is 15.0. The van der Waals surface area contributed by atoms with Crippen LogP contribution in [0.1, 0.15) is 44.8 Å². The van der Waals surface area contributed by atoms with Gasteiger partial charge in [0.1, 0.15) is 17.7 Å². The number of amides is 1. The monoisotopic (exact) mass is 566 g/mol. The maximum absolute atomic E-state index is 15.0. The first-order chi connectivity index (χ1) is 19.3. The lowest BCUT2D eigenvalue weighted by Gasteiger charge is -2.34. The highest BCUT2D eigenvalue weighted by molar-refractivity contribution is 6.30. The summed E-state index contributed by atoms with van der Waals surface area (Å²) in [7, 11) is 0. The van der Waals surface area contributed by atoms with Crippen LogP contribution in [0.15, 0.2) is 66.9 Å². The van der Waals surface area contributed by atoms with Crippen molar-refractivity contribution in [3.63, 3.8) is 0 Å². The number of piperazine rings is 1. The van der Waals surface area contributed by atoms with Crippen LogP contribution in [-0.4, -0.2) is 76.8 Å². The summed E-state index contributed by atoms with van der Waals surface area (Å²) < 4.78 is 28.1. The van der Waals surface area contributed by atoms with Gasteiger partial charge in [-0.1, -0.05) is 35.9 Å². The van der Waals surface area contributed by atoms with Gasteiger partial charge in [0.05, 0.1) is 5.56 Å². The fraction of sp³-hybridized carbons (Fsp3) is 0.387. The van der Waals surface area contributed by atoms with Gasteiger partial charge in [-0.05, 0) is 66.4 Å². The molecule has 210 valence electrons. The molecule has 0 radical (unpaired) electrons. The second-order valence-corrected chi connectivity index (χ2v) is 11.1. The van der Waals surface area contributed by atoms with Gasteiger partial charge in [-0.3, -0.25) is 24.4 Å². The van der Waals surface area contributed by atoms with Crippen LogP contribution in [0.5, 0.6) is 0 Å². The average molecular weight is 567 g/mol. The van der Waals surface area contributed by atoms with Gasteiger partial charge in [0.2, 0.25) is 0 Å². The normalized spacial score (nSPS) is 20.4. The van der Waals surface area contributed by atoms with E-state index in [1.165, 1.54) is 18.3 Å². The molecule has 3 heterocycles. The van der Waals surface area contributed by atoms with E-state index >= 15 is 0 Å². The van der Waals surface area contributed by atoms with Crippen LogP contribution in [0.4, 0.5) is 8.78 Å². The van der Waals surface area contributed by atoms with E-state index in [9.17, 15) is 18.4 Å². The molecule has 0 N–H and O–H groups in total. The van der Waals surface area contributed by atoms with E-state index in [0.717, 1.165) is 30.8 Å². The van der Waals surface area contributed by atoms with Gasteiger partial charge in [-0.25, -0.2) is 8.78 Å². The van der Waals surface area contributed by atoms with Crippen LogP contribution in [-0.2, 0) is 13.1 Å². The van der Waals surface area contributed by atoms with Crippen molar-refractivity contribution in [2.24, 2.45) is 5.92 Å². The average Bonchev–Trinajstić information content (AvgIpc) is 2.97. The summed E-state index contributed by atoms with van der Waals surface area (Å²) in [5.74, 6) is -0.918. The van der Waals surface area contributed by atoms with E-state index in [4.69, 9.17) is 11.6 Å². The van der Waals surface area contributed by atoms with E-state index in [1.807, 2.05) is 24.3 Å². The SMILES string of the molecule is O=C(CC1CCN(Cc2ccc(Cl)cc2)CC1F)c1ccc(C(=O)N2CCN(Cc3ccc(F)cc3)CC2)cn1. The third-order valence-electron chi connectivity index (χ3n) is 7.80. The first-order valence-corrected chi connectivity index (χ1v) is 14.1. The number of carbonyl (C=O) groups is 2. The first kappa shape index (κ1) is 28.3. The molecule has 9 heteroatoms. The molecule has 2 unspecified atom stereocenters. The zero-order chi connectivity index (χ0) is 28.1. The molecule has 0 aliphatic carbocycles. The Morgan fingerprint density at radius 1 is 0.850 bits per heavy atom. The van der Waals surface area contributed by atoms with Crippen molar-refractivity contribution >= 4 is 23.3 Å². The van der Waals surface area contributed by atoms with Crippen molar-refractivity contribution in [1.82, 2.24) is 19.7 Å². The molecule has 0 spiro atoms. The Balaban J connectivity index is 1.08. The van der Waals surface area contributed by atoms with E-state index in [0.29, 0.717) is 49.7 Å². The number of piperidine rings is 1. The van der Waals surface area contributed by atoms with Crippen molar-refractivity contribution < 1.29 is 18.4 Å². The number of pyridine rings is 1. The van der Waals surface area contributed by atoms with Gasteiger partial charge < -0.3 is 4.90 Å². The molecule has 2 aliphatic rings. The number of ketones is 1. The van der Waals surface area contributed by atoms with Gasteiger partial charge in [-0.2, -0.15) is 0 Å². The van der Waals surface area contributed by atoms with Gasteiger partial charge in [-0.15, -0.1) is 0 Å². The van der Waals surface area contributed by atoms with Gasteiger partial charge in [0.25, 0.3) is 5.91 Å². The van der Waals surface area contributed by atoms with Gasteiger partial charge >= 0.3 is 0 Å². The summed E-state index contributed by atoms with van der Waals surface area (Å²) >= 11 is 5.95. The Kier molecular flexibility index (Phi) is 9.19. The molecule has 0 saturated carbocycles. The summed E-state index contributed by atoms with van der Waals surface area (Å²) in [6, 6.07) is 17.2. The number of carbonyl (C=O) groups excluding carboxylic acids is 2. The molecule has 2 saturated heterocycles. The largest absolute Gasteiger partial charge is 0.336 e. The molecule has 5 rings (SSSR count). The highest BCUT2D eigenvalue weighted by atomic mass is 35.5. The number of rotatable bonds is 8. The van der Waals surface area contributed by atoms with Crippen molar-refractivity contribution in [1.29, 1.82) is 0 Å². The number of halogens is 3. The van der Waals surface area contributed by atoms with E-state index in [1.54, 1.807) is 29.2 Å². The Morgan fingerprint density at radius 2 is 1.50 bits per heavy atom. The highest BCUT2D eigenvalue weighted by Gasteiger charge is 2.31. The summed E-state index contributed by atoms with van der Waals surface area (Å²) in [6.07, 6.45) is 1.06. The fourth-order valence-electron chi connectivity index (χ4n) is 5.41. The molecule has 2 atom stereocenters. The quantitative estimate of drug-likeness (QED) is 0.348. The lowest BCUT2D eigenvalue weighted by Crippen LogP contribution is -2.48. The van der Waals surface area contributed by atoms with Gasteiger partial charge in [0, 0.05) is 63.5 Å². The third kappa shape index (κ3) is 7.30. The van der Waals surface area contributed by atoms with Crippen molar-refractivity contribution in [3.8, 4) is 0 Å². The Bertz CT molecular complexity index is 1300. The van der Waals surface area contributed by atoms with Crippen LogP contribution < -0.4 is 0 Å². The summed E-state index contributed by atoms with van der Waals surface area (Å²) in [5, 5.41) is 0.674. The predicted molar refractivity (Wildman–Crippen MR) is 150 cm³/mol. The number of benzene rings is 2. The maximum Gasteiger partial charge on any atom is 0.255 e. The zero-order valence-electron chi connectivity index (χ0n) is 22.3. The minimum atomic E-state index is -1.09. The number of alkyl halides is 1. The van der Waals surface area contributed by atoms with E-state index < -0.39 is 6.17 Å². The summed E-state index contributed by atoms with van der Waals surface area (Å²) in [5.41, 5.74) is 2.81. The van der Waals surface area contributed by atoms with Crippen LogP contribution in [0, 0.1) is 11.7 Å². The molecule has 40 heavy (non-hydrogen) atoms. The van der Waals surface area contributed by atoms with Crippen molar-refractivity contribution in [2.45, 2.75) is 32.1 Å². The molecule has 6 nitrogen and oxygen atoms in total. The molecule has 0 bridgehead atoms. The number of Topliss-reactive ketones (excluding diaryl/α,β-unsaturated/α-hetero) is 1. The molecular weight excluding hydrogens is 534 g/mol. The van der Waals surface area contributed by atoms with Crippen LogP contribution in [0.3, 0.4) is 0 Å². The molecular formula is C31H33ClF2N4O2. The Labute approximate surface area is 238 Å². The molecule has 3 aromatic rings. The van der Waals surface area contributed by atoms with Crippen molar-refractivity contribution in [3.05, 3.63) is 100 Å². The molecule has 2 aromatic carbocycles. The fourth-order valence-corrected chi connectivity index (χ4v) is 5.53. The highest BCUT2D eigenvalue weighted by Crippen LogP contribution is 2.26. The molecule has 1 aromatic heterocycles. The lowest BCUT2D eigenvalue weighted by molar-refractivity contribution is 0.0626. The molecule has 2 aliphatic heterocycles. The second kappa shape index (κ2) is 13.0. The minimum absolute atomic E-state index is 0.103. The summed E-state index contributed by atoms with van der Waals surface area (Å²) in [4.78, 5) is 36.2. The Hall–Kier alpha value is -3.20. The Morgan fingerprint density at radius 3 is 2.12 bits per heavy atom. The predicted octanol–water partition coefficient (Wildman–Crippen LogP) is 5.27. The number of nitrogens with zero attached hydrogens (tertiary/aromatic N) is 4. The van der Waals surface area contributed by atoms with Crippen LogP contribution in [0.2, 0.25) is 5.02 Å². The number of likely N-dealkylation sites (tertiary alicyclic amines) is 1.